The zero-order chi connectivity index (χ0) is 13.6. The minimum absolute atomic E-state index is 0.0744. The standard InChI is InChI=1S/C15H13Cl2NO/c1-9(19)18-6-2-3-12-14(18)5-4-10-7-11(16)8-13(17)15(10)12/h4-5,7-8H,2-3,6H2,1H3. The molecular weight excluding hydrogens is 281 g/mol. The van der Waals surface area contributed by atoms with E-state index in [0.717, 1.165) is 41.4 Å². The Labute approximate surface area is 121 Å². The van der Waals surface area contributed by atoms with Crippen molar-refractivity contribution in [1.82, 2.24) is 0 Å². The number of carbonyl (C=O) groups excluding carboxylic acids is 1. The molecule has 1 aliphatic heterocycles. The van der Waals surface area contributed by atoms with Gasteiger partial charge in [0.15, 0.2) is 0 Å². The first kappa shape index (κ1) is 12.8. The molecule has 4 heteroatoms. The number of anilines is 1. The van der Waals surface area contributed by atoms with E-state index < -0.39 is 0 Å². The van der Waals surface area contributed by atoms with Crippen LogP contribution in [0.3, 0.4) is 0 Å². The molecule has 2 aromatic carbocycles. The third-order valence-electron chi connectivity index (χ3n) is 3.60. The zero-order valence-corrected chi connectivity index (χ0v) is 12.1. The molecule has 0 radical (unpaired) electrons. The summed E-state index contributed by atoms with van der Waals surface area (Å²) in [6.45, 7) is 2.38. The Kier molecular flexibility index (Phi) is 3.15. The fraction of sp³-hybridized carbons (Fsp3) is 0.267. The van der Waals surface area contributed by atoms with E-state index in [0.29, 0.717) is 10.0 Å². The van der Waals surface area contributed by atoms with Gasteiger partial charge in [0.05, 0.1) is 5.02 Å². The number of rotatable bonds is 0. The van der Waals surface area contributed by atoms with Crippen molar-refractivity contribution in [2.45, 2.75) is 19.8 Å². The Hall–Kier alpha value is -1.25. The summed E-state index contributed by atoms with van der Waals surface area (Å²) in [5.41, 5.74) is 2.14. The first-order valence-corrected chi connectivity index (χ1v) is 7.02. The van der Waals surface area contributed by atoms with Crippen LogP contribution in [0.4, 0.5) is 5.69 Å². The van der Waals surface area contributed by atoms with Crippen molar-refractivity contribution in [2.75, 3.05) is 11.4 Å². The van der Waals surface area contributed by atoms with E-state index in [2.05, 4.69) is 0 Å². The van der Waals surface area contributed by atoms with Crippen LogP contribution in [0, 0.1) is 0 Å². The Morgan fingerprint density at radius 2 is 2.05 bits per heavy atom. The lowest BCUT2D eigenvalue weighted by Gasteiger charge is -2.29. The van der Waals surface area contributed by atoms with Gasteiger partial charge in [-0.15, -0.1) is 0 Å². The molecule has 0 fully saturated rings. The third-order valence-corrected chi connectivity index (χ3v) is 4.11. The quantitative estimate of drug-likeness (QED) is 0.703. The third kappa shape index (κ3) is 2.09. The maximum absolute atomic E-state index is 11.7. The molecule has 0 unspecified atom stereocenters. The van der Waals surface area contributed by atoms with Gasteiger partial charge in [0.1, 0.15) is 0 Å². The molecule has 1 aliphatic rings. The van der Waals surface area contributed by atoms with Gasteiger partial charge in [-0.2, -0.15) is 0 Å². The second kappa shape index (κ2) is 4.69. The van der Waals surface area contributed by atoms with Crippen LogP contribution in [0.1, 0.15) is 18.9 Å². The SMILES string of the molecule is CC(=O)N1CCCc2c1ccc1cc(Cl)cc(Cl)c21. The van der Waals surface area contributed by atoms with Gasteiger partial charge in [-0.3, -0.25) is 4.79 Å². The molecule has 0 aliphatic carbocycles. The van der Waals surface area contributed by atoms with Gasteiger partial charge in [0, 0.05) is 29.6 Å². The molecule has 0 atom stereocenters. The summed E-state index contributed by atoms with van der Waals surface area (Å²) in [5, 5.41) is 3.35. The van der Waals surface area contributed by atoms with Crippen molar-refractivity contribution in [3.05, 3.63) is 39.9 Å². The maximum atomic E-state index is 11.7. The molecule has 0 bridgehead atoms. The molecule has 1 amide bonds. The summed E-state index contributed by atoms with van der Waals surface area (Å²) >= 11 is 12.4. The maximum Gasteiger partial charge on any atom is 0.223 e. The van der Waals surface area contributed by atoms with Crippen molar-refractivity contribution in [2.24, 2.45) is 0 Å². The summed E-state index contributed by atoms with van der Waals surface area (Å²) in [7, 11) is 0. The van der Waals surface area contributed by atoms with Gasteiger partial charge < -0.3 is 4.90 Å². The highest BCUT2D eigenvalue weighted by Crippen LogP contribution is 2.38. The summed E-state index contributed by atoms with van der Waals surface area (Å²) in [5.74, 6) is 0.0744. The van der Waals surface area contributed by atoms with E-state index in [1.165, 1.54) is 0 Å². The molecule has 98 valence electrons. The summed E-state index contributed by atoms with van der Waals surface area (Å²) < 4.78 is 0. The number of benzene rings is 2. The second-order valence-corrected chi connectivity index (χ2v) is 5.67. The molecule has 1 heterocycles. The minimum Gasteiger partial charge on any atom is -0.312 e. The summed E-state index contributed by atoms with van der Waals surface area (Å²) in [4.78, 5) is 13.5. The topological polar surface area (TPSA) is 20.3 Å². The normalized spacial score (nSPS) is 14.6. The van der Waals surface area contributed by atoms with Crippen molar-refractivity contribution >= 4 is 45.6 Å². The van der Waals surface area contributed by atoms with Crippen molar-refractivity contribution in [3.8, 4) is 0 Å². The van der Waals surface area contributed by atoms with Gasteiger partial charge >= 0.3 is 0 Å². The second-order valence-electron chi connectivity index (χ2n) is 4.82. The van der Waals surface area contributed by atoms with E-state index in [4.69, 9.17) is 23.2 Å². The Balaban J connectivity index is 2.32. The van der Waals surface area contributed by atoms with E-state index >= 15 is 0 Å². The van der Waals surface area contributed by atoms with Gasteiger partial charge in [-0.1, -0.05) is 29.3 Å². The molecule has 0 spiro atoms. The first-order valence-electron chi connectivity index (χ1n) is 6.26. The molecule has 0 N–H and O–H groups in total. The first-order chi connectivity index (χ1) is 9.08. The van der Waals surface area contributed by atoms with E-state index in [1.807, 2.05) is 23.1 Å². The molecule has 0 saturated carbocycles. The predicted molar refractivity (Wildman–Crippen MR) is 80.3 cm³/mol. The highest BCUT2D eigenvalue weighted by atomic mass is 35.5. The molecular formula is C15H13Cl2NO. The van der Waals surface area contributed by atoms with Crippen LogP contribution in [0.15, 0.2) is 24.3 Å². The number of amides is 1. The Morgan fingerprint density at radius 3 is 2.79 bits per heavy atom. The number of carbonyl (C=O) groups is 1. The number of fused-ring (bicyclic) bond motifs is 3. The number of hydrogen-bond donors (Lipinski definition) is 0. The van der Waals surface area contributed by atoms with Gasteiger partial charge in [0.2, 0.25) is 5.91 Å². The van der Waals surface area contributed by atoms with Crippen LogP contribution >= 0.6 is 23.2 Å². The number of aryl methyl sites for hydroxylation is 1. The molecule has 0 aromatic heterocycles. The lowest BCUT2D eigenvalue weighted by Crippen LogP contribution is -2.33. The van der Waals surface area contributed by atoms with Gasteiger partial charge in [0.25, 0.3) is 0 Å². The minimum atomic E-state index is 0.0744. The molecule has 0 saturated heterocycles. The average Bonchev–Trinajstić information content (AvgIpc) is 2.36. The van der Waals surface area contributed by atoms with Crippen molar-refractivity contribution < 1.29 is 4.79 Å². The van der Waals surface area contributed by atoms with E-state index in [9.17, 15) is 4.79 Å². The highest BCUT2D eigenvalue weighted by Gasteiger charge is 2.22. The van der Waals surface area contributed by atoms with Crippen LogP contribution in [0.2, 0.25) is 10.0 Å². The van der Waals surface area contributed by atoms with Crippen LogP contribution in [0.5, 0.6) is 0 Å². The summed E-state index contributed by atoms with van der Waals surface area (Å²) in [6.07, 6.45) is 1.91. The largest absolute Gasteiger partial charge is 0.312 e. The monoisotopic (exact) mass is 293 g/mol. The Morgan fingerprint density at radius 1 is 1.26 bits per heavy atom. The lowest BCUT2D eigenvalue weighted by molar-refractivity contribution is -0.116. The average molecular weight is 294 g/mol. The molecule has 19 heavy (non-hydrogen) atoms. The Bertz CT molecular complexity index is 681. The van der Waals surface area contributed by atoms with Crippen LogP contribution in [0.25, 0.3) is 10.8 Å². The van der Waals surface area contributed by atoms with Crippen LogP contribution < -0.4 is 4.90 Å². The fourth-order valence-electron chi connectivity index (χ4n) is 2.81. The molecule has 3 rings (SSSR count). The lowest BCUT2D eigenvalue weighted by atomic mass is 9.95. The number of halogens is 2. The van der Waals surface area contributed by atoms with Gasteiger partial charge in [-0.05, 0) is 42.0 Å². The number of hydrogen-bond acceptors (Lipinski definition) is 1. The smallest absolute Gasteiger partial charge is 0.223 e. The van der Waals surface area contributed by atoms with E-state index in [-0.39, 0.29) is 5.91 Å². The summed E-state index contributed by atoms with van der Waals surface area (Å²) in [6, 6.07) is 7.65. The number of nitrogens with zero attached hydrogens (tertiary/aromatic N) is 1. The molecule has 2 aromatic rings. The van der Waals surface area contributed by atoms with Crippen molar-refractivity contribution in [3.63, 3.8) is 0 Å². The highest BCUT2D eigenvalue weighted by molar-refractivity contribution is 6.39. The van der Waals surface area contributed by atoms with E-state index in [1.54, 1.807) is 13.0 Å². The van der Waals surface area contributed by atoms with Crippen LogP contribution in [-0.2, 0) is 11.2 Å². The van der Waals surface area contributed by atoms with Gasteiger partial charge in [-0.25, -0.2) is 0 Å². The zero-order valence-electron chi connectivity index (χ0n) is 10.5. The molecule has 2 nitrogen and oxygen atoms in total. The van der Waals surface area contributed by atoms with Crippen LogP contribution in [-0.4, -0.2) is 12.5 Å². The predicted octanol–water partition coefficient (Wildman–Crippen LogP) is 4.45. The van der Waals surface area contributed by atoms with Crippen molar-refractivity contribution in [1.29, 1.82) is 0 Å². The fourth-order valence-corrected chi connectivity index (χ4v) is 3.43.